The van der Waals surface area contributed by atoms with Crippen molar-refractivity contribution in [2.24, 2.45) is 0 Å². The Labute approximate surface area is 177 Å². The topological polar surface area (TPSA) is 88.0 Å². The van der Waals surface area contributed by atoms with E-state index in [0.29, 0.717) is 41.2 Å². The third kappa shape index (κ3) is 3.43. The van der Waals surface area contributed by atoms with Gasteiger partial charge in [0.15, 0.2) is 0 Å². The van der Waals surface area contributed by atoms with E-state index >= 15 is 0 Å². The summed E-state index contributed by atoms with van der Waals surface area (Å²) >= 11 is 1.73. The predicted octanol–water partition coefficient (Wildman–Crippen LogP) is 3.40. The number of nitrogens with one attached hydrogen (secondary N) is 3. The molecule has 0 saturated carbocycles. The minimum Gasteiger partial charge on any atom is -0.372 e. The van der Waals surface area contributed by atoms with Crippen molar-refractivity contribution in [3.63, 3.8) is 0 Å². The van der Waals surface area contributed by atoms with Crippen molar-refractivity contribution in [2.75, 3.05) is 11.9 Å². The molecule has 7 nitrogen and oxygen atoms in total. The van der Waals surface area contributed by atoms with E-state index < -0.39 is 0 Å². The average Bonchev–Trinajstić information content (AvgIpc) is 3.29. The second kappa shape index (κ2) is 7.53. The second-order valence-corrected chi connectivity index (χ2v) is 8.60. The average molecular weight is 420 g/mol. The maximum Gasteiger partial charge on any atom is 0.274 e. The molecule has 4 heterocycles. The molecule has 0 bridgehead atoms. The largest absolute Gasteiger partial charge is 0.372 e. The first-order valence-electron chi connectivity index (χ1n) is 9.91. The summed E-state index contributed by atoms with van der Waals surface area (Å²) in [5.41, 5.74) is 4.36. The van der Waals surface area contributed by atoms with E-state index in [-0.39, 0.29) is 11.8 Å². The molecule has 0 radical (unpaired) electrons. The van der Waals surface area contributed by atoms with Gasteiger partial charge in [-0.05, 0) is 49.1 Å². The van der Waals surface area contributed by atoms with Crippen molar-refractivity contribution in [1.29, 1.82) is 0 Å². The van der Waals surface area contributed by atoms with Gasteiger partial charge in [0.05, 0.1) is 5.37 Å². The van der Waals surface area contributed by atoms with Gasteiger partial charge >= 0.3 is 0 Å². The highest BCUT2D eigenvalue weighted by atomic mass is 32.2. The number of fused-ring (bicyclic) bond motifs is 3. The number of pyridine rings is 1. The minimum atomic E-state index is -0.279. The molecule has 2 aliphatic rings. The molecular formula is C22H21N5O2S. The monoisotopic (exact) mass is 419 g/mol. The fourth-order valence-corrected chi connectivity index (χ4v) is 4.51. The number of thioether (sulfide) groups is 1. The van der Waals surface area contributed by atoms with Crippen LogP contribution in [0.5, 0.6) is 0 Å². The molecule has 0 aliphatic carbocycles. The van der Waals surface area contributed by atoms with Gasteiger partial charge in [0.25, 0.3) is 11.8 Å². The SMILES string of the molecule is CC1NC(c2cccc(NC(=O)c3ccc4cc5n(c4n3)CCCNC5=O)c2)=CS1. The summed E-state index contributed by atoms with van der Waals surface area (Å²) in [6, 6.07) is 13.1. The number of rotatable bonds is 3. The number of aromatic nitrogens is 2. The molecule has 8 heteroatoms. The van der Waals surface area contributed by atoms with Crippen LogP contribution in [0, 0.1) is 0 Å². The normalized spacial score (nSPS) is 18.2. The van der Waals surface area contributed by atoms with Gasteiger partial charge in [0.1, 0.15) is 17.0 Å². The fraction of sp³-hybridized carbons (Fsp3) is 0.227. The van der Waals surface area contributed by atoms with Crippen molar-refractivity contribution < 1.29 is 9.59 Å². The Hall–Kier alpha value is -3.26. The Morgan fingerprint density at radius 3 is 3.00 bits per heavy atom. The van der Waals surface area contributed by atoms with Crippen molar-refractivity contribution in [3.05, 3.63) is 64.8 Å². The Balaban J connectivity index is 1.41. The number of aryl methyl sites for hydroxylation is 1. The first-order chi connectivity index (χ1) is 14.6. The van der Waals surface area contributed by atoms with E-state index in [1.54, 1.807) is 17.8 Å². The van der Waals surface area contributed by atoms with Crippen LogP contribution >= 0.6 is 11.8 Å². The van der Waals surface area contributed by atoms with E-state index in [0.717, 1.165) is 23.1 Å². The van der Waals surface area contributed by atoms with E-state index in [4.69, 9.17) is 0 Å². The summed E-state index contributed by atoms with van der Waals surface area (Å²) < 4.78 is 1.89. The van der Waals surface area contributed by atoms with Crippen molar-refractivity contribution >= 4 is 46.0 Å². The molecule has 2 amide bonds. The summed E-state index contributed by atoms with van der Waals surface area (Å²) in [5, 5.41) is 12.5. The lowest BCUT2D eigenvalue weighted by atomic mass is 10.1. The van der Waals surface area contributed by atoms with Gasteiger partial charge in [-0.1, -0.05) is 12.1 Å². The van der Waals surface area contributed by atoms with Gasteiger partial charge in [-0.25, -0.2) is 4.98 Å². The number of anilines is 1. The van der Waals surface area contributed by atoms with Crippen molar-refractivity contribution in [2.45, 2.75) is 25.3 Å². The molecule has 0 fully saturated rings. The number of carbonyl (C=O) groups is 2. The van der Waals surface area contributed by atoms with Crippen LogP contribution in [0.3, 0.4) is 0 Å². The third-order valence-corrected chi connectivity index (χ3v) is 6.13. The molecule has 3 N–H and O–H groups in total. The molecule has 0 saturated heterocycles. The number of nitrogens with zero attached hydrogens (tertiary/aromatic N) is 2. The molecule has 3 aromatic rings. The summed E-state index contributed by atoms with van der Waals surface area (Å²) in [4.78, 5) is 29.7. The zero-order valence-corrected chi connectivity index (χ0v) is 17.3. The fourth-order valence-electron chi connectivity index (χ4n) is 3.77. The summed E-state index contributed by atoms with van der Waals surface area (Å²) in [6.07, 6.45) is 0.828. The van der Waals surface area contributed by atoms with E-state index in [2.05, 4.69) is 33.3 Å². The first-order valence-corrected chi connectivity index (χ1v) is 10.9. The van der Waals surface area contributed by atoms with Gasteiger partial charge in [0.2, 0.25) is 0 Å². The summed E-state index contributed by atoms with van der Waals surface area (Å²) in [6.45, 7) is 3.44. The Morgan fingerprint density at radius 2 is 2.17 bits per heavy atom. The first kappa shape index (κ1) is 18.7. The Bertz CT molecular complexity index is 1200. The standard InChI is InChI=1S/C22H21N5O2S/c1-13-24-18(12-30-13)14-4-2-5-16(10-14)25-21(28)17-7-6-15-11-19-22(29)23-8-3-9-27(19)20(15)26-17/h2,4-7,10-13,24H,3,8-9H2,1H3,(H,23,29)(H,25,28). The molecule has 5 rings (SSSR count). The molecule has 2 aromatic heterocycles. The smallest absolute Gasteiger partial charge is 0.274 e. The van der Waals surface area contributed by atoms with Gasteiger partial charge in [-0.3, -0.25) is 9.59 Å². The molecule has 1 unspecified atom stereocenters. The van der Waals surface area contributed by atoms with Crippen LogP contribution in [-0.4, -0.2) is 33.3 Å². The lowest BCUT2D eigenvalue weighted by Gasteiger charge is -2.10. The molecule has 1 aromatic carbocycles. The molecule has 152 valence electrons. The number of carbonyl (C=O) groups excluding carboxylic acids is 2. The molecule has 0 spiro atoms. The molecular weight excluding hydrogens is 398 g/mol. The van der Waals surface area contributed by atoms with Gasteiger partial charge < -0.3 is 20.5 Å². The van der Waals surface area contributed by atoms with Crippen LogP contribution < -0.4 is 16.0 Å². The Morgan fingerprint density at radius 1 is 1.27 bits per heavy atom. The second-order valence-electron chi connectivity index (χ2n) is 7.39. The highest BCUT2D eigenvalue weighted by Crippen LogP contribution is 2.28. The van der Waals surface area contributed by atoms with Crippen LogP contribution in [0.4, 0.5) is 5.69 Å². The number of amides is 2. The zero-order valence-electron chi connectivity index (χ0n) is 16.4. The minimum absolute atomic E-state index is 0.101. The predicted molar refractivity (Wildman–Crippen MR) is 119 cm³/mol. The summed E-state index contributed by atoms with van der Waals surface area (Å²) in [7, 11) is 0. The maximum absolute atomic E-state index is 12.9. The van der Waals surface area contributed by atoms with Crippen LogP contribution in [0.15, 0.2) is 47.9 Å². The Kier molecular flexibility index (Phi) is 4.71. The lowest BCUT2D eigenvalue weighted by molar-refractivity contribution is 0.0950. The molecule has 2 aliphatic heterocycles. The molecule has 30 heavy (non-hydrogen) atoms. The van der Waals surface area contributed by atoms with Gasteiger partial charge in [0, 0.05) is 35.4 Å². The van der Waals surface area contributed by atoms with Crippen LogP contribution in [-0.2, 0) is 6.54 Å². The highest BCUT2D eigenvalue weighted by Gasteiger charge is 2.20. The molecule has 1 atom stereocenters. The van der Waals surface area contributed by atoms with E-state index in [9.17, 15) is 9.59 Å². The third-order valence-electron chi connectivity index (χ3n) is 5.23. The van der Waals surface area contributed by atoms with Crippen molar-refractivity contribution in [3.8, 4) is 0 Å². The van der Waals surface area contributed by atoms with Gasteiger partial charge in [-0.2, -0.15) is 0 Å². The van der Waals surface area contributed by atoms with Crippen LogP contribution in [0.2, 0.25) is 0 Å². The number of hydrogen-bond donors (Lipinski definition) is 3. The zero-order chi connectivity index (χ0) is 20.7. The van der Waals surface area contributed by atoms with E-state index in [1.165, 1.54) is 0 Å². The van der Waals surface area contributed by atoms with Crippen molar-refractivity contribution in [1.82, 2.24) is 20.2 Å². The highest BCUT2D eigenvalue weighted by molar-refractivity contribution is 8.03. The number of hydrogen-bond acceptors (Lipinski definition) is 5. The summed E-state index contributed by atoms with van der Waals surface area (Å²) in [5.74, 6) is -0.380. The van der Waals surface area contributed by atoms with Crippen LogP contribution in [0.1, 0.15) is 39.9 Å². The number of benzene rings is 1. The van der Waals surface area contributed by atoms with Gasteiger partial charge in [-0.15, -0.1) is 11.8 Å². The quantitative estimate of drug-likeness (QED) is 0.606. The van der Waals surface area contributed by atoms with E-state index in [1.807, 2.05) is 41.0 Å². The lowest BCUT2D eigenvalue weighted by Crippen LogP contribution is -2.22. The maximum atomic E-state index is 12.9. The van der Waals surface area contributed by atoms with Crippen LogP contribution in [0.25, 0.3) is 16.7 Å².